The summed E-state index contributed by atoms with van der Waals surface area (Å²) in [7, 11) is 0. The van der Waals surface area contributed by atoms with E-state index in [9.17, 15) is 9.18 Å². The van der Waals surface area contributed by atoms with Gasteiger partial charge in [-0.3, -0.25) is 4.79 Å². The molecule has 2 aromatic rings. The molecule has 1 amide bonds. The van der Waals surface area contributed by atoms with Crippen molar-refractivity contribution in [2.45, 2.75) is 52.9 Å². The van der Waals surface area contributed by atoms with Gasteiger partial charge in [0.15, 0.2) is 0 Å². The van der Waals surface area contributed by atoms with E-state index >= 15 is 0 Å². The maximum absolute atomic E-state index is 13.4. The standard InChI is InChI=1S/C23H31FN4O/c1-5-16(3)22-25-21(6-2)20(15-18-7-9-19(24)10-8-18)23(26-22)28-13-11-27(12-14-28)17(4)29/h7-10,16H,5-6,11-15H2,1-4H3. The summed E-state index contributed by atoms with van der Waals surface area (Å²) >= 11 is 0. The van der Waals surface area contributed by atoms with Gasteiger partial charge in [-0.1, -0.05) is 32.9 Å². The van der Waals surface area contributed by atoms with E-state index in [0.717, 1.165) is 54.4 Å². The van der Waals surface area contributed by atoms with Crippen LogP contribution >= 0.6 is 0 Å². The number of nitrogens with zero attached hydrogens (tertiary/aromatic N) is 4. The minimum Gasteiger partial charge on any atom is -0.353 e. The Morgan fingerprint density at radius 3 is 2.31 bits per heavy atom. The summed E-state index contributed by atoms with van der Waals surface area (Å²) in [5.41, 5.74) is 3.22. The van der Waals surface area contributed by atoms with Crippen molar-refractivity contribution in [3.63, 3.8) is 0 Å². The van der Waals surface area contributed by atoms with E-state index in [4.69, 9.17) is 9.97 Å². The molecule has 0 radical (unpaired) electrons. The van der Waals surface area contributed by atoms with Crippen molar-refractivity contribution in [2.75, 3.05) is 31.1 Å². The second kappa shape index (κ2) is 9.33. The Morgan fingerprint density at radius 2 is 1.76 bits per heavy atom. The van der Waals surface area contributed by atoms with Crippen LogP contribution in [0.25, 0.3) is 0 Å². The Kier molecular flexibility index (Phi) is 6.83. The summed E-state index contributed by atoms with van der Waals surface area (Å²) in [6.07, 6.45) is 2.48. The van der Waals surface area contributed by atoms with Gasteiger partial charge in [0.25, 0.3) is 0 Å². The summed E-state index contributed by atoms with van der Waals surface area (Å²) in [4.78, 5) is 25.8. The summed E-state index contributed by atoms with van der Waals surface area (Å²) in [6, 6.07) is 6.66. The number of benzene rings is 1. The van der Waals surface area contributed by atoms with E-state index in [1.807, 2.05) is 17.0 Å². The van der Waals surface area contributed by atoms with Crippen LogP contribution < -0.4 is 4.90 Å². The van der Waals surface area contributed by atoms with Crippen molar-refractivity contribution in [1.82, 2.24) is 14.9 Å². The number of anilines is 1. The number of carbonyl (C=O) groups is 1. The number of hydrogen-bond donors (Lipinski definition) is 0. The van der Waals surface area contributed by atoms with Gasteiger partial charge in [0.05, 0.1) is 0 Å². The molecule has 1 atom stereocenters. The highest BCUT2D eigenvalue weighted by Crippen LogP contribution is 2.28. The van der Waals surface area contributed by atoms with Crippen LogP contribution in [-0.2, 0) is 17.6 Å². The largest absolute Gasteiger partial charge is 0.353 e. The zero-order chi connectivity index (χ0) is 21.0. The molecule has 0 saturated carbocycles. The second-order valence-corrected chi connectivity index (χ2v) is 7.79. The van der Waals surface area contributed by atoms with Crippen molar-refractivity contribution >= 4 is 11.7 Å². The number of amides is 1. The summed E-state index contributed by atoms with van der Waals surface area (Å²) in [5, 5.41) is 0. The zero-order valence-corrected chi connectivity index (χ0v) is 17.9. The van der Waals surface area contributed by atoms with E-state index in [0.29, 0.717) is 19.5 Å². The molecule has 1 aliphatic heterocycles. The lowest BCUT2D eigenvalue weighted by atomic mass is 10.0. The fourth-order valence-corrected chi connectivity index (χ4v) is 3.71. The van der Waals surface area contributed by atoms with E-state index < -0.39 is 0 Å². The molecule has 156 valence electrons. The first kappa shape index (κ1) is 21.2. The SMILES string of the molecule is CCc1nc(C(C)CC)nc(N2CCN(C(C)=O)CC2)c1Cc1ccc(F)cc1. The minimum absolute atomic E-state index is 0.119. The third-order valence-corrected chi connectivity index (χ3v) is 5.79. The normalized spacial score (nSPS) is 15.5. The van der Waals surface area contributed by atoms with Gasteiger partial charge in [0.2, 0.25) is 5.91 Å². The van der Waals surface area contributed by atoms with Crippen LogP contribution in [0.3, 0.4) is 0 Å². The van der Waals surface area contributed by atoms with Crippen molar-refractivity contribution in [3.8, 4) is 0 Å². The first-order valence-electron chi connectivity index (χ1n) is 10.6. The van der Waals surface area contributed by atoms with Crippen LogP contribution in [-0.4, -0.2) is 47.0 Å². The Labute approximate surface area is 173 Å². The van der Waals surface area contributed by atoms with Crippen molar-refractivity contribution in [1.29, 1.82) is 0 Å². The zero-order valence-electron chi connectivity index (χ0n) is 17.9. The van der Waals surface area contributed by atoms with Crippen LogP contribution in [0.5, 0.6) is 0 Å². The molecule has 5 nitrogen and oxygen atoms in total. The Morgan fingerprint density at radius 1 is 1.10 bits per heavy atom. The predicted octanol–water partition coefficient (Wildman–Crippen LogP) is 3.95. The predicted molar refractivity (Wildman–Crippen MR) is 114 cm³/mol. The van der Waals surface area contributed by atoms with Gasteiger partial charge in [0, 0.05) is 56.7 Å². The molecule has 0 bridgehead atoms. The number of hydrogen-bond acceptors (Lipinski definition) is 4. The first-order valence-corrected chi connectivity index (χ1v) is 10.6. The molecule has 1 fully saturated rings. The number of carbonyl (C=O) groups excluding carboxylic acids is 1. The molecule has 1 aromatic carbocycles. The fourth-order valence-electron chi connectivity index (χ4n) is 3.71. The highest BCUT2D eigenvalue weighted by atomic mass is 19.1. The van der Waals surface area contributed by atoms with Crippen molar-refractivity contribution in [3.05, 3.63) is 52.7 Å². The average molecular weight is 399 g/mol. The van der Waals surface area contributed by atoms with Crippen LogP contribution in [0.15, 0.2) is 24.3 Å². The van der Waals surface area contributed by atoms with Crippen LogP contribution in [0.4, 0.5) is 10.2 Å². The quantitative estimate of drug-likeness (QED) is 0.739. The van der Waals surface area contributed by atoms with Gasteiger partial charge in [-0.05, 0) is 30.5 Å². The number of aromatic nitrogens is 2. The lowest BCUT2D eigenvalue weighted by Gasteiger charge is -2.36. The Hall–Kier alpha value is -2.50. The van der Waals surface area contributed by atoms with E-state index in [1.165, 1.54) is 12.1 Å². The molecule has 29 heavy (non-hydrogen) atoms. The monoisotopic (exact) mass is 398 g/mol. The van der Waals surface area contributed by atoms with E-state index in [-0.39, 0.29) is 17.6 Å². The van der Waals surface area contributed by atoms with Gasteiger partial charge in [0.1, 0.15) is 17.5 Å². The fraction of sp³-hybridized carbons (Fsp3) is 0.522. The Balaban J connectivity index is 2.00. The van der Waals surface area contributed by atoms with E-state index in [2.05, 4.69) is 25.7 Å². The third kappa shape index (κ3) is 4.92. The van der Waals surface area contributed by atoms with Gasteiger partial charge >= 0.3 is 0 Å². The maximum Gasteiger partial charge on any atom is 0.219 e. The summed E-state index contributed by atoms with van der Waals surface area (Å²) in [6.45, 7) is 11.0. The van der Waals surface area contributed by atoms with Crippen LogP contribution in [0.1, 0.15) is 62.7 Å². The molecule has 2 heterocycles. The van der Waals surface area contributed by atoms with Crippen LogP contribution in [0.2, 0.25) is 0 Å². The second-order valence-electron chi connectivity index (χ2n) is 7.79. The molecule has 0 spiro atoms. The lowest BCUT2D eigenvalue weighted by molar-refractivity contribution is -0.129. The topological polar surface area (TPSA) is 49.3 Å². The molecular weight excluding hydrogens is 367 g/mol. The molecule has 0 N–H and O–H groups in total. The average Bonchev–Trinajstić information content (AvgIpc) is 2.74. The molecule has 3 rings (SSSR count). The minimum atomic E-state index is -0.228. The summed E-state index contributed by atoms with van der Waals surface area (Å²) < 4.78 is 13.4. The highest BCUT2D eigenvalue weighted by molar-refractivity contribution is 5.73. The number of piperazine rings is 1. The van der Waals surface area contributed by atoms with Crippen molar-refractivity contribution in [2.24, 2.45) is 0 Å². The van der Waals surface area contributed by atoms with Gasteiger partial charge in [-0.2, -0.15) is 0 Å². The first-order chi connectivity index (χ1) is 13.9. The van der Waals surface area contributed by atoms with Crippen molar-refractivity contribution < 1.29 is 9.18 Å². The number of aryl methyl sites for hydroxylation is 1. The van der Waals surface area contributed by atoms with Crippen LogP contribution in [0, 0.1) is 5.82 Å². The molecule has 0 aliphatic carbocycles. The number of rotatable bonds is 6. The van der Waals surface area contributed by atoms with Gasteiger partial charge in [-0.15, -0.1) is 0 Å². The molecule has 1 aliphatic rings. The smallest absolute Gasteiger partial charge is 0.219 e. The summed E-state index contributed by atoms with van der Waals surface area (Å²) in [5.74, 6) is 2.04. The van der Waals surface area contributed by atoms with Gasteiger partial charge < -0.3 is 9.80 Å². The third-order valence-electron chi connectivity index (χ3n) is 5.79. The van der Waals surface area contributed by atoms with E-state index in [1.54, 1.807) is 6.92 Å². The lowest BCUT2D eigenvalue weighted by Crippen LogP contribution is -2.48. The number of halogens is 1. The maximum atomic E-state index is 13.4. The molecule has 1 saturated heterocycles. The highest BCUT2D eigenvalue weighted by Gasteiger charge is 2.25. The molecule has 1 aromatic heterocycles. The molecular formula is C23H31FN4O. The Bertz CT molecular complexity index is 845. The molecule has 1 unspecified atom stereocenters. The van der Waals surface area contributed by atoms with Gasteiger partial charge in [-0.25, -0.2) is 14.4 Å². The molecule has 6 heteroatoms.